The standard InChI is InChI=1S/C23H22F3NO2/c1-15(27-12-10-16-4-7-20(28)14-18(16)11-13-27)21-8-9-22(29-21)17-2-5-19(6-3-17)23(24,25)26/h2-9,14-15,28H,10-13H2,1H3. The summed E-state index contributed by atoms with van der Waals surface area (Å²) in [7, 11) is 0. The van der Waals surface area contributed by atoms with Gasteiger partial charge in [-0.3, -0.25) is 4.90 Å². The molecule has 2 aromatic carbocycles. The Kier molecular flexibility index (Phi) is 5.13. The van der Waals surface area contributed by atoms with E-state index < -0.39 is 11.7 Å². The molecule has 152 valence electrons. The van der Waals surface area contributed by atoms with Gasteiger partial charge in [0.1, 0.15) is 17.3 Å². The van der Waals surface area contributed by atoms with E-state index in [0.717, 1.165) is 43.8 Å². The van der Waals surface area contributed by atoms with Crippen LogP contribution in [0, 0.1) is 0 Å². The Labute approximate surface area is 167 Å². The van der Waals surface area contributed by atoms with E-state index in [1.807, 2.05) is 18.2 Å². The van der Waals surface area contributed by atoms with Crippen molar-refractivity contribution < 1.29 is 22.7 Å². The molecular formula is C23H22F3NO2. The molecule has 0 saturated carbocycles. The summed E-state index contributed by atoms with van der Waals surface area (Å²) in [4.78, 5) is 2.33. The Morgan fingerprint density at radius 3 is 2.31 bits per heavy atom. The zero-order valence-corrected chi connectivity index (χ0v) is 16.0. The summed E-state index contributed by atoms with van der Waals surface area (Å²) in [6, 6.07) is 14.3. The number of hydrogen-bond donors (Lipinski definition) is 1. The maximum atomic E-state index is 12.7. The molecule has 0 spiro atoms. The molecule has 1 unspecified atom stereocenters. The zero-order valence-electron chi connectivity index (χ0n) is 16.0. The molecule has 4 rings (SSSR count). The van der Waals surface area contributed by atoms with Crippen LogP contribution in [0.15, 0.2) is 59.0 Å². The second-order valence-corrected chi connectivity index (χ2v) is 7.44. The molecule has 0 aliphatic carbocycles. The van der Waals surface area contributed by atoms with Crippen molar-refractivity contribution >= 4 is 0 Å². The number of hydrogen-bond acceptors (Lipinski definition) is 3. The lowest BCUT2D eigenvalue weighted by Crippen LogP contribution is -2.29. The largest absolute Gasteiger partial charge is 0.508 e. The monoisotopic (exact) mass is 401 g/mol. The second-order valence-electron chi connectivity index (χ2n) is 7.44. The van der Waals surface area contributed by atoms with Crippen LogP contribution in [0.3, 0.4) is 0 Å². The molecular weight excluding hydrogens is 379 g/mol. The third-order valence-corrected chi connectivity index (χ3v) is 5.61. The highest BCUT2D eigenvalue weighted by molar-refractivity contribution is 5.58. The lowest BCUT2D eigenvalue weighted by molar-refractivity contribution is -0.137. The topological polar surface area (TPSA) is 36.6 Å². The number of halogens is 3. The van der Waals surface area contributed by atoms with Gasteiger partial charge in [-0.25, -0.2) is 0 Å². The first-order valence-electron chi connectivity index (χ1n) is 9.63. The highest BCUT2D eigenvalue weighted by Crippen LogP contribution is 2.33. The number of benzene rings is 2. The van der Waals surface area contributed by atoms with E-state index >= 15 is 0 Å². The molecule has 0 amide bonds. The maximum Gasteiger partial charge on any atom is 0.416 e. The van der Waals surface area contributed by atoms with Gasteiger partial charge in [-0.2, -0.15) is 13.2 Å². The highest BCUT2D eigenvalue weighted by atomic mass is 19.4. The molecule has 1 N–H and O–H groups in total. The van der Waals surface area contributed by atoms with Crippen LogP contribution in [-0.4, -0.2) is 23.1 Å². The first-order chi connectivity index (χ1) is 13.8. The van der Waals surface area contributed by atoms with Crippen LogP contribution >= 0.6 is 0 Å². The van der Waals surface area contributed by atoms with Crippen molar-refractivity contribution in [3.63, 3.8) is 0 Å². The summed E-state index contributed by atoms with van der Waals surface area (Å²) >= 11 is 0. The number of phenolic OH excluding ortho intramolecular Hbond substituents is 1. The van der Waals surface area contributed by atoms with Crippen LogP contribution in [0.2, 0.25) is 0 Å². The Hall–Kier alpha value is -2.73. The molecule has 0 saturated heterocycles. The predicted octanol–water partition coefficient (Wildman–Crippen LogP) is 5.83. The Bertz CT molecular complexity index is 992. The van der Waals surface area contributed by atoms with Gasteiger partial charge in [0.05, 0.1) is 11.6 Å². The molecule has 0 radical (unpaired) electrons. The molecule has 0 fully saturated rings. The quantitative estimate of drug-likeness (QED) is 0.600. The van der Waals surface area contributed by atoms with Crippen LogP contribution in [0.4, 0.5) is 13.2 Å². The van der Waals surface area contributed by atoms with E-state index in [9.17, 15) is 18.3 Å². The number of nitrogens with zero attached hydrogens (tertiary/aromatic N) is 1. The molecule has 1 aliphatic rings. The smallest absolute Gasteiger partial charge is 0.416 e. The number of alkyl halides is 3. The number of furan rings is 1. The van der Waals surface area contributed by atoms with E-state index in [1.165, 1.54) is 23.3 Å². The minimum atomic E-state index is -4.34. The van der Waals surface area contributed by atoms with Crippen molar-refractivity contribution in [2.45, 2.75) is 32.0 Å². The minimum absolute atomic E-state index is 0.0427. The van der Waals surface area contributed by atoms with Gasteiger partial charge < -0.3 is 9.52 Å². The summed E-state index contributed by atoms with van der Waals surface area (Å²) in [5.74, 6) is 1.63. The molecule has 3 nitrogen and oxygen atoms in total. The summed E-state index contributed by atoms with van der Waals surface area (Å²) in [6.45, 7) is 3.78. The van der Waals surface area contributed by atoms with E-state index in [2.05, 4.69) is 11.8 Å². The summed E-state index contributed by atoms with van der Waals surface area (Å²) < 4.78 is 44.2. The second kappa shape index (κ2) is 7.59. The van der Waals surface area contributed by atoms with Crippen molar-refractivity contribution in [3.05, 3.63) is 77.0 Å². The van der Waals surface area contributed by atoms with Gasteiger partial charge in [0.15, 0.2) is 0 Å². The molecule has 1 atom stereocenters. The van der Waals surface area contributed by atoms with Crippen LogP contribution in [-0.2, 0) is 19.0 Å². The SMILES string of the molecule is CC(c1ccc(-c2ccc(C(F)(F)F)cc2)o1)N1CCc2ccc(O)cc2CC1. The minimum Gasteiger partial charge on any atom is -0.508 e. The van der Waals surface area contributed by atoms with Gasteiger partial charge in [-0.15, -0.1) is 0 Å². The van der Waals surface area contributed by atoms with Crippen molar-refractivity contribution in [3.8, 4) is 17.1 Å². The Balaban J connectivity index is 1.48. The number of phenols is 1. The third kappa shape index (κ3) is 4.17. The molecule has 6 heteroatoms. The van der Waals surface area contributed by atoms with Gasteiger partial charge in [0.2, 0.25) is 0 Å². The lowest BCUT2D eigenvalue weighted by Gasteiger charge is -2.25. The van der Waals surface area contributed by atoms with E-state index in [-0.39, 0.29) is 11.8 Å². The van der Waals surface area contributed by atoms with Crippen LogP contribution < -0.4 is 0 Å². The Morgan fingerprint density at radius 2 is 1.62 bits per heavy atom. The summed E-state index contributed by atoms with van der Waals surface area (Å²) in [5, 5.41) is 9.71. The maximum absolute atomic E-state index is 12.7. The number of aromatic hydroxyl groups is 1. The Morgan fingerprint density at radius 1 is 0.931 bits per heavy atom. The molecule has 29 heavy (non-hydrogen) atoms. The molecule has 2 heterocycles. The lowest BCUT2D eigenvalue weighted by atomic mass is 10.0. The predicted molar refractivity (Wildman–Crippen MR) is 105 cm³/mol. The number of fused-ring (bicyclic) bond motifs is 1. The third-order valence-electron chi connectivity index (χ3n) is 5.61. The van der Waals surface area contributed by atoms with Gasteiger partial charge in [-0.05, 0) is 67.3 Å². The fourth-order valence-corrected chi connectivity index (χ4v) is 3.85. The van der Waals surface area contributed by atoms with Gasteiger partial charge in [-0.1, -0.05) is 18.2 Å². The average molecular weight is 401 g/mol. The van der Waals surface area contributed by atoms with Crippen LogP contribution in [0.1, 0.15) is 35.4 Å². The molecule has 3 aromatic rings. The van der Waals surface area contributed by atoms with Gasteiger partial charge in [0.25, 0.3) is 0 Å². The summed E-state index contributed by atoms with van der Waals surface area (Å²) in [6.07, 6.45) is -2.60. The highest BCUT2D eigenvalue weighted by Gasteiger charge is 2.30. The van der Waals surface area contributed by atoms with Crippen molar-refractivity contribution in [1.82, 2.24) is 4.90 Å². The van der Waals surface area contributed by atoms with Crippen molar-refractivity contribution in [2.75, 3.05) is 13.1 Å². The molecule has 1 aliphatic heterocycles. The van der Waals surface area contributed by atoms with Gasteiger partial charge in [0, 0.05) is 18.7 Å². The number of rotatable bonds is 3. The fraction of sp³-hybridized carbons (Fsp3) is 0.304. The molecule has 1 aromatic heterocycles. The fourth-order valence-electron chi connectivity index (χ4n) is 3.85. The van der Waals surface area contributed by atoms with E-state index in [4.69, 9.17) is 4.42 Å². The summed E-state index contributed by atoms with van der Waals surface area (Å²) in [5.41, 5.74) is 2.37. The first kappa shape index (κ1) is 19.6. The molecule has 0 bridgehead atoms. The van der Waals surface area contributed by atoms with Crippen LogP contribution in [0.5, 0.6) is 5.75 Å². The first-order valence-corrected chi connectivity index (χ1v) is 9.63. The van der Waals surface area contributed by atoms with E-state index in [1.54, 1.807) is 12.1 Å². The zero-order chi connectivity index (χ0) is 20.6. The van der Waals surface area contributed by atoms with Crippen molar-refractivity contribution in [2.24, 2.45) is 0 Å². The normalized spacial score (nSPS) is 16.3. The van der Waals surface area contributed by atoms with Gasteiger partial charge >= 0.3 is 6.18 Å². The van der Waals surface area contributed by atoms with Crippen molar-refractivity contribution in [1.29, 1.82) is 0 Å². The van der Waals surface area contributed by atoms with E-state index in [0.29, 0.717) is 11.3 Å². The van der Waals surface area contributed by atoms with Crippen LogP contribution in [0.25, 0.3) is 11.3 Å². The average Bonchev–Trinajstić information content (AvgIpc) is 3.09.